The number of benzene rings is 1. The number of para-hydroxylation sites is 1. The molecule has 7 heteroatoms. The molecule has 1 unspecified atom stereocenters. The number of hydrogen-bond donors (Lipinski definition) is 1. The van der Waals surface area contributed by atoms with Crippen molar-refractivity contribution in [2.75, 3.05) is 23.4 Å². The molecule has 0 saturated carbocycles. The zero-order valence-corrected chi connectivity index (χ0v) is 11.4. The second-order valence-electron chi connectivity index (χ2n) is 4.88. The molecule has 1 aliphatic heterocycles. The highest BCUT2D eigenvalue weighted by Crippen LogP contribution is 2.28. The first-order valence-electron chi connectivity index (χ1n) is 6.07. The van der Waals surface area contributed by atoms with E-state index in [2.05, 4.69) is 5.32 Å². The molecule has 2 rings (SSSR count). The Bertz CT molecular complexity index is 598. The van der Waals surface area contributed by atoms with Crippen LogP contribution in [0.1, 0.15) is 12.0 Å². The SMILES string of the molecule is Cc1cccc(NCC2CCS(=O)(=O)C2)c1[N+](=O)[O-]. The average molecular weight is 284 g/mol. The van der Waals surface area contributed by atoms with E-state index >= 15 is 0 Å². The fraction of sp³-hybridized carbons (Fsp3) is 0.500. The van der Waals surface area contributed by atoms with Crippen LogP contribution in [0.4, 0.5) is 11.4 Å². The molecule has 0 aliphatic carbocycles. The van der Waals surface area contributed by atoms with Gasteiger partial charge in [-0.05, 0) is 25.3 Å². The summed E-state index contributed by atoms with van der Waals surface area (Å²) in [5, 5.41) is 14.0. The summed E-state index contributed by atoms with van der Waals surface area (Å²) >= 11 is 0. The largest absolute Gasteiger partial charge is 0.379 e. The summed E-state index contributed by atoms with van der Waals surface area (Å²) in [6.45, 7) is 2.13. The minimum atomic E-state index is -2.91. The lowest BCUT2D eigenvalue weighted by molar-refractivity contribution is -0.384. The van der Waals surface area contributed by atoms with Crippen molar-refractivity contribution in [2.24, 2.45) is 5.92 Å². The van der Waals surface area contributed by atoms with Gasteiger partial charge in [-0.25, -0.2) is 8.42 Å². The maximum atomic E-state index is 11.3. The van der Waals surface area contributed by atoms with Gasteiger partial charge >= 0.3 is 0 Å². The first-order chi connectivity index (χ1) is 8.89. The van der Waals surface area contributed by atoms with Crippen molar-refractivity contribution in [1.29, 1.82) is 0 Å². The Labute approximate surface area is 111 Å². The van der Waals surface area contributed by atoms with Crippen LogP contribution >= 0.6 is 0 Å². The van der Waals surface area contributed by atoms with E-state index < -0.39 is 14.8 Å². The van der Waals surface area contributed by atoms with Gasteiger partial charge in [-0.1, -0.05) is 12.1 Å². The minimum absolute atomic E-state index is 0.0325. The van der Waals surface area contributed by atoms with Crippen molar-refractivity contribution in [3.63, 3.8) is 0 Å². The number of hydrogen-bond acceptors (Lipinski definition) is 5. The van der Waals surface area contributed by atoms with Gasteiger partial charge in [0.05, 0.1) is 16.4 Å². The molecule has 0 amide bonds. The van der Waals surface area contributed by atoms with Crippen molar-refractivity contribution >= 4 is 21.2 Å². The Hall–Kier alpha value is -1.63. The summed E-state index contributed by atoms with van der Waals surface area (Å²) in [5.41, 5.74) is 1.10. The molecule has 0 radical (unpaired) electrons. The predicted molar refractivity (Wildman–Crippen MR) is 73.1 cm³/mol. The molecule has 1 fully saturated rings. The maximum absolute atomic E-state index is 11.3. The van der Waals surface area contributed by atoms with Gasteiger partial charge in [0, 0.05) is 12.1 Å². The quantitative estimate of drug-likeness (QED) is 0.672. The Morgan fingerprint density at radius 1 is 1.47 bits per heavy atom. The summed E-state index contributed by atoms with van der Waals surface area (Å²) in [6, 6.07) is 5.08. The molecule has 6 nitrogen and oxygen atoms in total. The first-order valence-corrected chi connectivity index (χ1v) is 7.89. The molecular formula is C12H16N2O4S. The van der Waals surface area contributed by atoms with Crippen molar-refractivity contribution in [3.05, 3.63) is 33.9 Å². The molecule has 1 heterocycles. The van der Waals surface area contributed by atoms with E-state index in [1.54, 1.807) is 25.1 Å². The van der Waals surface area contributed by atoms with E-state index in [0.29, 0.717) is 24.2 Å². The summed E-state index contributed by atoms with van der Waals surface area (Å²) in [5.74, 6) is 0.416. The maximum Gasteiger partial charge on any atom is 0.295 e. The van der Waals surface area contributed by atoms with Crippen LogP contribution in [-0.4, -0.2) is 31.4 Å². The van der Waals surface area contributed by atoms with E-state index in [-0.39, 0.29) is 23.1 Å². The van der Waals surface area contributed by atoms with E-state index in [1.807, 2.05) is 0 Å². The third kappa shape index (κ3) is 3.23. The summed E-state index contributed by atoms with van der Waals surface area (Å²) in [4.78, 5) is 10.6. The third-order valence-electron chi connectivity index (χ3n) is 3.33. The van der Waals surface area contributed by atoms with E-state index in [4.69, 9.17) is 0 Å². The molecule has 1 aromatic carbocycles. The predicted octanol–water partition coefficient (Wildman–Crippen LogP) is 1.75. The van der Waals surface area contributed by atoms with Crippen molar-refractivity contribution in [3.8, 4) is 0 Å². The van der Waals surface area contributed by atoms with Crippen LogP contribution in [0, 0.1) is 23.0 Å². The van der Waals surface area contributed by atoms with Crippen molar-refractivity contribution in [2.45, 2.75) is 13.3 Å². The second kappa shape index (κ2) is 5.16. The lowest BCUT2D eigenvalue weighted by Gasteiger charge is -2.11. The van der Waals surface area contributed by atoms with E-state index in [1.165, 1.54) is 0 Å². The zero-order valence-electron chi connectivity index (χ0n) is 10.6. The molecule has 1 aromatic rings. The Morgan fingerprint density at radius 3 is 2.79 bits per heavy atom. The molecule has 1 atom stereocenters. The average Bonchev–Trinajstić information content (AvgIpc) is 2.66. The van der Waals surface area contributed by atoms with E-state index in [9.17, 15) is 18.5 Å². The van der Waals surface area contributed by atoms with Crippen LogP contribution < -0.4 is 5.32 Å². The molecule has 1 aliphatic rings. The minimum Gasteiger partial charge on any atom is -0.379 e. The topological polar surface area (TPSA) is 89.3 Å². The highest BCUT2D eigenvalue weighted by molar-refractivity contribution is 7.91. The zero-order chi connectivity index (χ0) is 14.0. The number of aryl methyl sites for hydroxylation is 1. The number of anilines is 1. The fourth-order valence-corrected chi connectivity index (χ4v) is 4.19. The summed E-state index contributed by atoms with van der Waals surface area (Å²) in [6.07, 6.45) is 0.620. The molecule has 19 heavy (non-hydrogen) atoms. The highest BCUT2D eigenvalue weighted by Gasteiger charge is 2.28. The third-order valence-corrected chi connectivity index (χ3v) is 5.17. The van der Waals surface area contributed by atoms with Gasteiger partial charge in [-0.2, -0.15) is 0 Å². The molecule has 1 N–H and O–H groups in total. The highest BCUT2D eigenvalue weighted by atomic mass is 32.2. The molecule has 1 saturated heterocycles. The Balaban J connectivity index is 2.08. The van der Waals surface area contributed by atoms with Crippen LogP contribution in [0.2, 0.25) is 0 Å². The van der Waals surface area contributed by atoms with Crippen LogP contribution in [0.25, 0.3) is 0 Å². The lowest BCUT2D eigenvalue weighted by atomic mass is 10.1. The lowest BCUT2D eigenvalue weighted by Crippen LogP contribution is -2.16. The van der Waals surface area contributed by atoms with Crippen molar-refractivity contribution in [1.82, 2.24) is 0 Å². The standard InChI is InChI=1S/C12H16N2O4S/c1-9-3-2-4-11(12(9)14(15)16)13-7-10-5-6-19(17,18)8-10/h2-4,10,13H,5-8H2,1H3. The summed E-state index contributed by atoms with van der Waals surface area (Å²) < 4.78 is 22.7. The molecule has 0 bridgehead atoms. The molecule has 0 aromatic heterocycles. The van der Waals surface area contributed by atoms with Gasteiger partial charge in [0.15, 0.2) is 9.84 Å². The smallest absolute Gasteiger partial charge is 0.295 e. The number of nitrogens with one attached hydrogen (secondary N) is 1. The van der Waals surface area contributed by atoms with Crippen molar-refractivity contribution < 1.29 is 13.3 Å². The van der Waals surface area contributed by atoms with Gasteiger partial charge in [-0.3, -0.25) is 10.1 Å². The van der Waals surface area contributed by atoms with Gasteiger partial charge < -0.3 is 5.32 Å². The van der Waals surface area contributed by atoms with Gasteiger partial charge in [0.25, 0.3) is 5.69 Å². The number of nitrogens with zero attached hydrogens (tertiary/aromatic N) is 1. The normalized spacial score (nSPS) is 21.2. The second-order valence-corrected chi connectivity index (χ2v) is 7.11. The Kier molecular flexibility index (Phi) is 3.75. The van der Waals surface area contributed by atoms with Crippen LogP contribution in [0.15, 0.2) is 18.2 Å². The van der Waals surface area contributed by atoms with Crippen LogP contribution in [0.5, 0.6) is 0 Å². The van der Waals surface area contributed by atoms with Gasteiger partial charge in [-0.15, -0.1) is 0 Å². The van der Waals surface area contributed by atoms with Gasteiger partial charge in [0.2, 0.25) is 0 Å². The summed E-state index contributed by atoms with van der Waals surface area (Å²) in [7, 11) is -2.91. The number of sulfone groups is 1. The monoisotopic (exact) mass is 284 g/mol. The Morgan fingerprint density at radius 2 is 2.21 bits per heavy atom. The first kappa shape index (κ1) is 13.8. The number of rotatable bonds is 4. The molecule has 0 spiro atoms. The number of nitro groups is 1. The molecule has 104 valence electrons. The molecular weight excluding hydrogens is 268 g/mol. The van der Waals surface area contributed by atoms with E-state index in [0.717, 1.165) is 0 Å². The van der Waals surface area contributed by atoms with Crippen LogP contribution in [-0.2, 0) is 9.84 Å². The van der Waals surface area contributed by atoms with Crippen LogP contribution in [0.3, 0.4) is 0 Å². The van der Waals surface area contributed by atoms with Gasteiger partial charge in [0.1, 0.15) is 5.69 Å². The number of nitro benzene ring substituents is 1. The fourth-order valence-electron chi connectivity index (χ4n) is 2.33.